The van der Waals surface area contributed by atoms with Crippen molar-refractivity contribution in [1.82, 2.24) is 0 Å². The summed E-state index contributed by atoms with van der Waals surface area (Å²) in [6.45, 7) is 3.45. The highest BCUT2D eigenvalue weighted by Gasteiger charge is 2.20. The second kappa shape index (κ2) is 7.45. The van der Waals surface area contributed by atoms with Crippen molar-refractivity contribution in [2.75, 3.05) is 12.4 Å². The molecule has 0 heterocycles. The standard InChI is InChI=1S/C18H19NO4/c1-12-8-10-14(11-9-12)18(21)23-13(2)17(20)19-15-6-4-5-7-16(15)22-3/h4-11,13H,1-3H3,(H,19,20). The Bertz CT molecular complexity index is 694. The summed E-state index contributed by atoms with van der Waals surface area (Å²) in [5, 5.41) is 2.69. The maximum atomic E-state index is 12.2. The summed E-state index contributed by atoms with van der Waals surface area (Å²) in [7, 11) is 1.52. The largest absolute Gasteiger partial charge is 0.495 e. The first-order chi connectivity index (χ1) is 11.0. The molecule has 2 aromatic rings. The Labute approximate surface area is 135 Å². The quantitative estimate of drug-likeness (QED) is 0.861. The summed E-state index contributed by atoms with van der Waals surface area (Å²) in [6.07, 6.45) is -0.922. The van der Waals surface area contributed by atoms with Gasteiger partial charge in [-0.05, 0) is 38.1 Å². The topological polar surface area (TPSA) is 64.6 Å². The lowest BCUT2D eigenvalue weighted by atomic mass is 10.1. The number of rotatable bonds is 5. The average molecular weight is 313 g/mol. The normalized spacial score (nSPS) is 11.4. The van der Waals surface area contributed by atoms with E-state index in [2.05, 4.69) is 5.32 Å². The number of benzene rings is 2. The zero-order valence-corrected chi connectivity index (χ0v) is 13.3. The van der Waals surface area contributed by atoms with Crippen molar-refractivity contribution >= 4 is 17.6 Å². The van der Waals surface area contributed by atoms with Gasteiger partial charge in [-0.2, -0.15) is 0 Å². The van der Waals surface area contributed by atoms with Gasteiger partial charge in [-0.1, -0.05) is 29.8 Å². The van der Waals surface area contributed by atoms with Crippen LogP contribution < -0.4 is 10.1 Å². The molecule has 23 heavy (non-hydrogen) atoms. The summed E-state index contributed by atoms with van der Waals surface area (Å²) in [5.41, 5.74) is 1.98. The van der Waals surface area contributed by atoms with E-state index in [1.54, 1.807) is 36.4 Å². The number of hydrogen-bond acceptors (Lipinski definition) is 4. The Morgan fingerprint density at radius 2 is 1.70 bits per heavy atom. The van der Waals surface area contributed by atoms with Crippen LogP contribution in [0.25, 0.3) is 0 Å². The molecule has 120 valence electrons. The molecule has 1 amide bonds. The van der Waals surface area contributed by atoms with Gasteiger partial charge in [0.15, 0.2) is 6.10 Å². The Morgan fingerprint density at radius 1 is 1.04 bits per heavy atom. The van der Waals surface area contributed by atoms with Crippen LogP contribution in [0.3, 0.4) is 0 Å². The van der Waals surface area contributed by atoms with E-state index in [0.717, 1.165) is 5.56 Å². The fourth-order valence-electron chi connectivity index (χ4n) is 1.95. The predicted molar refractivity (Wildman–Crippen MR) is 87.7 cm³/mol. The van der Waals surface area contributed by atoms with Gasteiger partial charge in [-0.25, -0.2) is 4.79 Å². The summed E-state index contributed by atoms with van der Waals surface area (Å²) in [4.78, 5) is 24.2. The van der Waals surface area contributed by atoms with Crippen molar-refractivity contribution in [1.29, 1.82) is 0 Å². The number of nitrogens with one attached hydrogen (secondary N) is 1. The Morgan fingerprint density at radius 3 is 2.35 bits per heavy atom. The molecule has 0 bridgehead atoms. The van der Waals surface area contributed by atoms with Gasteiger partial charge < -0.3 is 14.8 Å². The van der Waals surface area contributed by atoms with E-state index in [1.807, 2.05) is 19.1 Å². The molecule has 0 aromatic heterocycles. The number of anilines is 1. The van der Waals surface area contributed by atoms with Crippen LogP contribution >= 0.6 is 0 Å². The summed E-state index contributed by atoms with van der Waals surface area (Å²) in [6, 6.07) is 14.0. The van der Waals surface area contributed by atoms with E-state index >= 15 is 0 Å². The lowest BCUT2D eigenvalue weighted by Crippen LogP contribution is -2.30. The fourth-order valence-corrected chi connectivity index (χ4v) is 1.95. The number of methoxy groups -OCH3 is 1. The van der Waals surface area contributed by atoms with Crippen molar-refractivity contribution in [3.8, 4) is 5.75 Å². The Kier molecular flexibility index (Phi) is 5.36. The number of aryl methyl sites for hydroxylation is 1. The van der Waals surface area contributed by atoms with Gasteiger partial charge in [0.05, 0.1) is 18.4 Å². The van der Waals surface area contributed by atoms with Crippen molar-refractivity contribution in [2.45, 2.75) is 20.0 Å². The first-order valence-electron chi connectivity index (χ1n) is 7.23. The molecule has 2 aromatic carbocycles. The van der Waals surface area contributed by atoms with E-state index < -0.39 is 18.0 Å². The van der Waals surface area contributed by atoms with Gasteiger partial charge in [-0.3, -0.25) is 4.79 Å². The maximum absolute atomic E-state index is 12.2. The molecule has 1 N–H and O–H groups in total. The van der Waals surface area contributed by atoms with Crippen LogP contribution in [-0.4, -0.2) is 25.1 Å². The minimum atomic E-state index is -0.922. The number of ether oxygens (including phenoxy) is 2. The molecule has 0 aliphatic heterocycles. The number of esters is 1. The summed E-state index contributed by atoms with van der Waals surface area (Å²) in [5.74, 6) is -0.416. The molecule has 0 aliphatic carbocycles. The molecule has 2 rings (SSSR count). The third-order valence-electron chi connectivity index (χ3n) is 3.31. The highest BCUT2D eigenvalue weighted by molar-refractivity contribution is 5.98. The summed E-state index contributed by atoms with van der Waals surface area (Å²) < 4.78 is 10.4. The Balaban J connectivity index is 1.99. The zero-order chi connectivity index (χ0) is 16.8. The van der Waals surface area contributed by atoms with Gasteiger partial charge in [0.2, 0.25) is 0 Å². The van der Waals surface area contributed by atoms with Crippen LogP contribution in [-0.2, 0) is 9.53 Å². The van der Waals surface area contributed by atoms with Gasteiger partial charge in [0.1, 0.15) is 5.75 Å². The third-order valence-corrected chi connectivity index (χ3v) is 3.31. The van der Waals surface area contributed by atoms with Gasteiger partial charge >= 0.3 is 5.97 Å². The molecular weight excluding hydrogens is 294 g/mol. The first-order valence-corrected chi connectivity index (χ1v) is 7.23. The minimum Gasteiger partial charge on any atom is -0.495 e. The van der Waals surface area contributed by atoms with Gasteiger partial charge in [-0.15, -0.1) is 0 Å². The second-order valence-electron chi connectivity index (χ2n) is 5.10. The fraction of sp³-hybridized carbons (Fsp3) is 0.222. The molecule has 5 nitrogen and oxygen atoms in total. The molecule has 0 radical (unpaired) electrons. The number of carbonyl (C=O) groups excluding carboxylic acids is 2. The molecule has 0 saturated heterocycles. The number of amides is 1. The smallest absolute Gasteiger partial charge is 0.338 e. The lowest BCUT2D eigenvalue weighted by molar-refractivity contribution is -0.123. The molecule has 0 spiro atoms. The molecule has 0 saturated carbocycles. The van der Waals surface area contributed by atoms with Gasteiger partial charge in [0.25, 0.3) is 5.91 Å². The average Bonchev–Trinajstić information content (AvgIpc) is 2.55. The highest BCUT2D eigenvalue weighted by atomic mass is 16.5. The van der Waals surface area contributed by atoms with Crippen molar-refractivity contribution in [3.05, 3.63) is 59.7 Å². The van der Waals surface area contributed by atoms with Crippen LogP contribution in [0.4, 0.5) is 5.69 Å². The lowest BCUT2D eigenvalue weighted by Gasteiger charge is -2.15. The monoisotopic (exact) mass is 313 g/mol. The van der Waals surface area contributed by atoms with E-state index in [4.69, 9.17) is 9.47 Å². The first kappa shape index (κ1) is 16.5. The Hall–Kier alpha value is -2.82. The SMILES string of the molecule is COc1ccccc1NC(=O)C(C)OC(=O)c1ccc(C)cc1. The molecule has 0 aliphatic rings. The molecule has 1 unspecified atom stereocenters. The van der Waals surface area contributed by atoms with Crippen molar-refractivity contribution in [2.24, 2.45) is 0 Å². The zero-order valence-electron chi connectivity index (χ0n) is 13.3. The number of para-hydroxylation sites is 2. The molecule has 1 atom stereocenters. The van der Waals surface area contributed by atoms with Crippen LogP contribution in [0.2, 0.25) is 0 Å². The minimum absolute atomic E-state index is 0.410. The second-order valence-corrected chi connectivity index (χ2v) is 5.10. The van der Waals surface area contributed by atoms with Crippen LogP contribution in [0.1, 0.15) is 22.8 Å². The van der Waals surface area contributed by atoms with Crippen molar-refractivity contribution in [3.63, 3.8) is 0 Å². The number of hydrogen-bond donors (Lipinski definition) is 1. The third kappa shape index (κ3) is 4.32. The van der Waals surface area contributed by atoms with Crippen LogP contribution in [0.15, 0.2) is 48.5 Å². The molecule has 0 fully saturated rings. The number of carbonyl (C=O) groups is 2. The highest BCUT2D eigenvalue weighted by Crippen LogP contribution is 2.23. The maximum Gasteiger partial charge on any atom is 0.338 e. The van der Waals surface area contributed by atoms with Crippen LogP contribution in [0.5, 0.6) is 5.75 Å². The van der Waals surface area contributed by atoms with E-state index in [0.29, 0.717) is 17.0 Å². The van der Waals surface area contributed by atoms with E-state index in [-0.39, 0.29) is 0 Å². The molecule has 5 heteroatoms. The van der Waals surface area contributed by atoms with E-state index in [9.17, 15) is 9.59 Å². The van der Waals surface area contributed by atoms with Crippen LogP contribution in [0, 0.1) is 6.92 Å². The molecular formula is C18H19NO4. The summed E-state index contributed by atoms with van der Waals surface area (Å²) >= 11 is 0. The van der Waals surface area contributed by atoms with Gasteiger partial charge in [0, 0.05) is 0 Å². The van der Waals surface area contributed by atoms with E-state index in [1.165, 1.54) is 14.0 Å². The predicted octanol–water partition coefficient (Wildman–Crippen LogP) is 3.19. The van der Waals surface area contributed by atoms with Crippen molar-refractivity contribution < 1.29 is 19.1 Å².